The molecule has 1 N–H and O–H groups in total. The van der Waals surface area contributed by atoms with Crippen molar-refractivity contribution < 1.29 is 73.4 Å². The zero-order valence-corrected chi connectivity index (χ0v) is 24.1. The summed E-state index contributed by atoms with van der Waals surface area (Å²) in [5.41, 5.74) is 2.00. The molecule has 0 saturated heterocycles. The van der Waals surface area contributed by atoms with Crippen LogP contribution in [0.4, 0.5) is 0 Å². The fourth-order valence-electron chi connectivity index (χ4n) is 1.49. The van der Waals surface area contributed by atoms with Crippen molar-refractivity contribution in [1.82, 2.24) is 0 Å². The Hall–Kier alpha value is -3.55. The summed E-state index contributed by atoms with van der Waals surface area (Å²) in [4.78, 5) is 57.0. The zero-order valence-electron chi connectivity index (χ0n) is 21.6. The van der Waals surface area contributed by atoms with E-state index < -0.39 is 6.10 Å². The van der Waals surface area contributed by atoms with Crippen LogP contribution in [0.5, 0.6) is 0 Å². The summed E-state index contributed by atoms with van der Waals surface area (Å²) in [6.45, 7) is 22.7. The molecule has 38 heavy (non-hydrogen) atoms. The fraction of sp³-hybridized carbons (Fsp3) is 0.107. The normalized spacial score (nSPS) is 6.92. The average molecular weight is 601 g/mol. The number of hydrogen-bond acceptors (Lipinski definition) is 8. The molecule has 0 aliphatic carbocycles. The van der Waals surface area contributed by atoms with Crippen molar-refractivity contribution in [3.8, 4) is 11.8 Å². The SMILES string of the molecule is CC(=O)/C=C/c1ccccc1.CC(O)C#Cc1ccccc1.[CH-]=O.[CH-]=O.[CH-]=O.[CH-]=O.[CH-]=O.[CH-]=O.[CH3-].[CH3-].[Cr+4].[Cr+4]. The molecule has 2 aromatic rings. The van der Waals surface area contributed by atoms with Gasteiger partial charge in [-0.05, 0) is 37.6 Å². The molecule has 0 amide bonds. The van der Waals surface area contributed by atoms with E-state index in [2.05, 4.69) is 52.6 Å². The number of carbonyl (C=O) groups excluding carboxylic acids is 7. The van der Waals surface area contributed by atoms with Crippen LogP contribution in [-0.2, 0) is 68.3 Å². The molecule has 0 bridgehead atoms. The van der Waals surface area contributed by atoms with Crippen molar-refractivity contribution in [2.24, 2.45) is 0 Å². The van der Waals surface area contributed by atoms with Gasteiger partial charge in [0, 0.05) is 5.56 Å². The second-order valence-electron chi connectivity index (χ2n) is 4.67. The summed E-state index contributed by atoms with van der Waals surface area (Å²) in [6, 6.07) is 19.4. The monoisotopic (exact) mass is 600 g/mol. The Kier molecular flexibility index (Phi) is 119. The zero-order chi connectivity index (χ0) is 28.2. The third-order valence-corrected chi connectivity index (χ3v) is 2.51. The second kappa shape index (κ2) is 69.9. The van der Waals surface area contributed by atoms with Crippen molar-refractivity contribution in [2.45, 2.75) is 20.0 Å². The number of rotatable bonds is 2. The molecule has 0 radical (unpaired) electrons. The van der Waals surface area contributed by atoms with Crippen LogP contribution >= 0.6 is 0 Å². The molecule has 10 heteroatoms. The Balaban J connectivity index is -0.0000000344. The van der Waals surface area contributed by atoms with Crippen LogP contribution in [-0.4, -0.2) is 57.7 Å². The predicted octanol–water partition coefficient (Wildman–Crippen LogP) is 2.96. The molecule has 2 aromatic carbocycles. The summed E-state index contributed by atoms with van der Waals surface area (Å²) in [7, 11) is 0. The molecule has 2 rings (SSSR count). The molecular formula is C28H32Cr2O8. The summed E-state index contributed by atoms with van der Waals surface area (Å²) in [6.07, 6.45) is 2.83. The third kappa shape index (κ3) is 63.7. The van der Waals surface area contributed by atoms with Crippen molar-refractivity contribution in [3.05, 3.63) is 92.7 Å². The molecule has 0 heterocycles. The van der Waals surface area contributed by atoms with Gasteiger partial charge >= 0.3 is 34.7 Å². The maximum absolute atomic E-state index is 10.5. The number of aliphatic hydroxyl groups excluding tert-OH is 1. The number of benzene rings is 2. The minimum Gasteiger partial charge on any atom is -0.545 e. The number of ketones is 1. The predicted molar refractivity (Wildman–Crippen MR) is 144 cm³/mol. The van der Waals surface area contributed by atoms with E-state index in [1.54, 1.807) is 19.9 Å². The van der Waals surface area contributed by atoms with Crippen LogP contribution in [0.15, 0.2) is 66.7 Å². The van der Waals surface area contributed by atoms with Crippen LogP contribution < -0.4 is 0 Å². The first-order valence-electron chi connectivity index (χ1n) is 8.47. The standard InChI is InChI=1S/2C10H10O.6CHO.2CH3.2Cr/c2*1-9(11)7-8-10-5-3-2-4-6-10;6*1-2;;;;/h2-6,9,11H,1H3;2-8H,1H3;6*1H;2*1H3;;/q;;8*-1;2*+4/b;8-7+;;;;;;;;;;. The molecule has 0 fully saturated rings. The number of carbonyl (C=O) groups is 1. The maximum Gasteiger partial charge on any atom is 4.00 e. The molecule has 0 saturated carbocycles. The Morgan fingerprint density at radius 2 is 1.03 bits per heavy atom. The van der Waals surface area contributed by atoms with E-state index >= 15 is 0 Å². The quantitative estimate of drug-likeness (QED) is 0.240. The van der Waals surface area contributed by atoms with E-state index in [0.29, 0.717) is 0 Å². The Morgan fingerprint density at radius 3 is 1.32 bits per heavy atom. The van der Waals surface area contributed by atoms with Gasteiger partial charge < -0.3 is 48.7 Å². The first-order chi connectivity index (χ1) is 16.6. The van der Waals surface area contributed by atoms with Crippen molar-refractivity contribution in [3.63, 3.8) is 0 Å². The van der Waals surface area contributed by atoms with Gasteiger partial charge in [-0.2, -0.15) is 0 Å². The fourth-order valence-corrected chi connectivity index (χ4v) is 1.49. The molecule has 8 nitrogen and oxygen atoms in total. The molecule has 0 spiro atoms. The van der Waals surface area contributed by atoms with E-state index in [0.717, 1.165) is 11.1 Å². The molecule has 0 aliphatic rings. The molecule has 0 aliphatic heterocycles. The van der Waals surface area contributed by atoms with E-state index in [-0.39, 0.29) is 55.4 Å². The Bertz CT molecular complexity index is 747. The summed E-state index contributed by atoms with van der Waals surface area (Å²) in [5, 5.41) is 8.84. The first-order valence-corrected chi connectivity index (χ1v) is 8.47. The molecule has 204 valence electrons. The van der Waals surface area contributed by atoms with E-state index in [1.165, 1.54) is 0 Å². The van der Waals surface area contributed by atoms with Gasteiger partial charge in [0.2, 0.25) is 0 Å². The van der Waals surface area contributed by atoms with E-state index in [4.69, 9.17) is 33.9 Å². The molecule has 0 aromatic heterocycles. The van der Waals surface area contributed by atoms with Gasteiger partial charge in [-0.25, -0.2) is 0 Å². The van der Waals surface area contributed by atoms with Crippen molar-refractivity contribution in [2.75, 3.05) is 0 Å². The van der Waals surface area contributed by atoms with Crippen molar-refractivity contribution >= 4 is 52.6 Å². The summed E-state index contributed by atoms with van der Waals surface area (Å²) < 4.78 is 0. The molecular weight excluding hydrogens is 568 g/mol. The van der Waals surface area contributed by atoms with Crippen molar-refractivity contribution in [1.29, 1.82) is 0 Å². The van der Waals surface area contributed by atoms with E-state index in [9.17, 15) is 4.79 Å². The number of aliphatic hydroxyl groups is 1. The van der Waals surface area contributed by atoms with Gasteiger partial charge in [0.25, 0.3) is 0 Å². The summed E-state index contributed by atoms with van der Waals surface area (Å²) in [5.74, 6) is 5.59. The van der Waals surface area contributed by atoms with Gasteiger partial charge in [-0.3, -0.25) is 45.5 Å². The smallest absolute Gasteiger partial charge is 0.545 e. The Morgan fingerprint density at radius 1 is 0.711 bits per heavy atom. The second-order valence-corrected chi connectivity index (χ2v) is 4.67. The number of allylic oxidation sites excluding steroid dienone is 1. The van der Waals surface area contributed by atoms with Crippen LogP contribution in [0.2, 0.25) is 0 Å². The number of hydrogen-bond donors (Lipinski definition) is 1. The van der Waals surface area contributed by atoms with E-state index in [1.807, 2.05) is 66.7 Å². The average Bonchev–Trinajstić information content (AvgIpc) is 2.94. The van der Waals surface area contributed by atoms with Gasteiger partial charge in [-0.15, -0.1) is 0 Å². The van der Waals surface area contributed by atoms with Crippen LogP contribution in [0, 0.1) is 26.7 Å². The maximum atomic E-state index is 10.5. The van der Waals surface area contributed by atoms with Crippen LogP contribution in [0.25, 0.3) is 6.08 Å². The third-order valence-electron chi connectivity index (χ3n) is 2.51. The summed E-state index contributed by atoms with van der Waals surface area (Å²) >= 11 is 0. The van der Waals surface area contributed by atoms with Gasteiger partial charge in [0.05, 0.1) is 0 Å². The first kappa shape index (κ1) is 64.5. The largest absolute Gasteiger partial charge is 4.00 e. The molecule has 1 atom stereocenters. The topological polar surface area (TPSA) is 140 Å². The Labute approximate surface area is 249 Å². The minimum atomic E-state index is -0.546. The minimum absolute atomic E-state index is 0. The molecule has 1 unspecified atom stereocenters. The van der Waals surface area contributed by atoms with Gasteiger partial charge in [0.1, 0.15) is 6.10 Å². The van der Waals surface area contributed by atoms with Gasteiger partial charge in [0.15, 0.2) is 5.78 Å². The van der Waals surface area contributed by atoms with Crippen LogP contribution in [0.3, 0.4) is 0 Å². The van der Waals surface area contributed by atoms with Crippen LogP contribution in [0.1, 0.15) is 25.0 Å². The van der Waals surface area contributed by atoms with Gasteiger partial charge in [-0.1, -0.05) is 66.4 Å².